The highest BCUT2D eigenvalue weighted by Gasteiger charge is 2.61. The SMILES string of the molecule is C[C@@H]1N=C(N)N2CC[C@@H](O)[C@@]23NC(N)=N[C@@H]13. The van der Waals surface area contributed by atoms with Gasteiger partial charge in [0.25, 0.3) is 0 Å². The summed E-state index contributed by atoms with van der Waals surface area (Å²) in [5, 5.41) is 13.3. The number of aliphatic hydroxyl groups excluding tert-OH is 1. The minimum atomic E-state index is -0.671. The lowest BCUT2D eigenvalue weighted by molar-refractivity contribution is 0.0242. The first-order valence-electron chi connectivity index (χ1n) is 5.46. The van der Waals surface area contributed by atoms with Gasteiger partial charge in [0.2, 0.25) is 0 Å². The first kappa shape index (κ1) is 9.71. The molecule has 0 aromatic carbocycles. The molecule has 3 aliphatic rings. The van der Waals surface area contributed by atoms with E-state index in [2.05, 4.69) is 15.3 Å². The lowest BCUT2D eigenvalue weighted by Crippen LogP contribution is -2.71. The van der Waals surface area contributed by atoms with Crippen LogP contribution in [0.15, 0.2) is 9.98 Å². The number of nitrogens with two attached hydrogens (primary N) is 2. The third kappa shape index (κ3) is 0.915. The van der Waals surface area contributed by atoms with Gasteiger partial charge in [-0.05, 0) is 13.3 Å². The molecule has 0 radical (unpaired) electrons. The first-order valence-corrected chi connectivity index (χ1v) is 5.46. The molecule has 3 rings (SSSR count). The van der Waals surface area contributed by atoms with Gasteiger partial charge in [-0.15, -0.1) is 0 Å². The number of guanidine groups is 2. The summed E-state index contributed by atoms with van der Waals surface area (Å²) >= 11 is 0. The van der Waals surface area contributed by atoms with E-state index in [1.165, 1.54) is 0 Å². The van der Waals surface area contributed by atoms with Crippen LogP contribution in [0.2, 0.25) is 0 Å². The number of aliphatic imine (C=N–C) groups is 2. The molecule has 6 N–H and O–H groups in total. The summed E-state index contributed by atoms with van der Waals surface area (Å²) in [6, 6.07) is -0.241. The summed E-state index contributed by atoms with van der Waals surface area (Å²) in [5.74, 6) is 0.811. The molecular formula is C9H16N6O. The van der Waals surface area contributed by atoms with Gasteiger partial charge in [-0.3, -0.25) is 0 Å². The summed E-state index contributed by atoms with van der Waals surface area (Å²) < 4.78 is 0. The average molecular weight is 224 g/mol. The van der Waals surface area contributed by atoms with Crippen LogP contribution in [0.4, 0.5) is 0 Å². The molecule has 7 heteroatoms. The van der Waals surface area contributed by atoms with Gasteiger partial charge >= 0.3 is 0 Å². The predicted molar refractivity (Wildman–Crippen MR) is 59.7 cm³/mol. The Morgan fingerprint density at radius 2 is 2.25 bits per heavy atom. The Hall–Kier alpha value is -1.50. The van der Waals surface area contributed by atoms with Crippen molar-refractivity contribution in [2.75, 3.05) is 6.54 Å². The van der Waals surface area contributed by atoms with Gasteiger partial charge in [-0.1, -0.05) is 0 Å². The van der Waals surface area contributed by atoms with Crippen LogP contribution in [0.1, 0.15) is 13.3 Å². The lowest BCUT2D eigenvalue weighted by Gasteiger charge is -2.45. The first-order chi connectivity index (χ1) is 7.55. The second-order valence-corrected chi connectivity index (χ2v) is 4.59. The van der Waals surface area contributed by atoms with Crippen molar-refractivity contribution in [2.45, 2.75) is 37.2 Å². The largest absolute Gasteiger partial charge is 0.389 e. The van der Waals surface area contributed by atoms with Gasteiger partial charge in [0.1, 0.15) is 6.04 Å². The van der Waals surface area contributed by atoms with E-state index < -0.39 is 11.8 Å². The van der Waals surface area contributed by atoms with E-state index in [0.717, 1.165) is 0 Å². The Bertz CT molecular complexity index is 393. The van der Waals surface area contributed by atoms with Crippen molar-refractivity contribution >= 4 is 11.9 Å². The van der Waals surface area contributed by atoms with Gasteiger partial charge in [-0.2, -0.15) is 0 Å². The summed E-state index contributed by atoms with van der Waals surface area (Å²) in [6.45, 7) is 2.61. The lowest BCUT2D eigenvalue weighted by atomic mass is 9.90. The molecular weight excluding hydrogens is 208 g/mol. The standard InChI is InChI=1S/C9H16N6O/c1-4-6-9(14-7(10)13-6)5(16)2-3-15(9)8(11)12-4/h4-6,16H,2-3H2,1H3,(H2,11,12)(H3,10,13,14)/t4-,5+,6-,9+/m0/s1. The monoisotopic (exact) mass is 224 g/mol. The molecule has 88 valence electrons. The Morgan fingerprint density at radius 3 is 3.00 bits per heavy atom. The second-order valence-electron chi connectivity index (χ2n) is 4.59. The fourth-order valence-corrected chi connectivity index (χ4v) is 3.03. The number of hydrogen-bond acceptors (Lipinski definition) is 7. The van der Waals surface area contributed by atoms with Crippen molar-refractivity contribution in [1.82, 2.24) is 10.2 Å². The van der Waals surface area contributed by atoms with Crippen LogP contribution in [0.3, 0.4) is 0 Å². The minimum Gasteiger partial charge on any atom is -0.389 e. The van der Waals surface area contributed by atoms with Crippen molar-refractivity contribution in [3.8, 4) is 0 Å². The quantitative estimate of drug-likeness (QED) is 0.371. The maximum absolute atomic E-state index is 10.2. The smallest absolute Gasteiger partial charge is 0.193 e. The fraction of sp³-hybridized carbons (Fsp3) is 0.778. The van der Waals surface area contributed by atoms with E-state index >= 15 is 0 Å². The molecule has 0 bridgehead atoms. The van der Waals surface area contributed by atoms with Crippen LogP contribution in [0, 0.1) is 0 Å². The van der Waals surface area contributed by atoms with Gasteiger partial charge in [0, 0.05) is 6.54 Å². The second kappa shape index (κ2) is 2.79. The summed E-state index contributed by atoms with van der Waals surface area (Å²) in [7, 11) is 0. The van der Waals surface area contributed by atoms with Crippen molar-refractivity contribution in [3.63, 3.8) is 0 Å². The van der Waals surface area contributed by atoms with Crippen LogP contribution >= 0.6 is 0 Å². The molecule has 0 aromatic rings. The minimum absolute atomic E-state index is 0.0717. The molecule has 3 heterocycles. The average Bonchev–Trinajstić information content (AvgIpc) is 2.70. The highest BCUT2D eigenvalue weighted by Crippen LogP contribution is 2.39. The van der Waals surface area contributed by atoms with E-state index in [1.54, 1.807) is 0 Å². The number of nitrogens with one attached hydrogen (secondary N) is 1. The topological polar surface area (TPSA) is 112 Å². The summed E-state index contributed by atoms with van der Waals surface area (Å²) in [6.07, 6.45) is 0.119. The number of hydrogen-bond donors (Lipinski definition) is 4. The number of nitrogens with zero attached hydrogens (tertiary/aromatic N) is 3. The molecule has 0 aliphatic carbocycles. The van der Waals surface area contributed by atoms with Crippen LogP contribution in [0.5, 0.6) is 0 Å². The van der Waals surface area contributed by atoms with Crippen LogP contribution in [-0.4, -0.2) is 52.3 Å². The van der Waals surface area contributed by atoms with Crippen LogP contribution in [0.25, 0.3) is 0 Å². The van der Waals surface area contributed by atoms with E-state index in [4.69, 9.17) is 11.5 Å². The van der Waals surface area contributed by atoms with Gasteiger partial charge in [0.15, 0.2) is 17.6 Å². The number of aliphatic hydroxyl groups is 1. The molecule has 4 atom stereocenters. The maximum Gasteiger partial charge on any atom is 0.193 e. The predicted octanol–water partition coefficient (Wildman–Crippen LogP) is -2.25. The summed E-state index contributed by atoms with van der Waals surface area (Å²) in [4.78, 5) is 10.5. The Labute approximate surface area is 93.2 Å². The maximum atomic E-state index is 10.2. The molecule has 0 unspecified atom stereocenters. The van der Waals surface area contributed by atoms with E-state index in [9.17, 15) is 5.11 Å². The van der Waals surface area contributed by atoms with E-state index in [1.807, 2.05) is 11.8 Å². The zero-order chi connectivity index (χ0) is 11.5. The van der Waals surface area contributed by atoms with Crippen molar-refractivity contribution in [2.24, 2.45) is 21.5 Å². The molecule has 0 aromatic heterocycles. The highest BCUT2D eigenvalue weighted by molar-refractivity contribution is 5.86. The van der Waals surface area contributed by atoms with Gasteiger partial charge < -0.3 is 26.8 Å². The summed E-state index contributed by atoms with van der Waals surface area (Å²) in [5.41, 5.74) is 11.0. The third-order valence-corrected chi connectivity index (χ3v) is 3.71. The molecule has 7 nitrogen and oxygen atoms in total. The zero-order valence-electron chi connectivity index (χ0n) is 9.09. The zero-order valence-corrected chi connectivity index (χ0v) is 9.09. The molecule has 0 saturated carbocycles. The molecule has 1 fully saturated rings. The Balaban J connectivity index is 2.11. The molecule has 3 aliphatic heterocycles. The normalized spacial score (nSPS) is 45.6. The fourth-order valence-electron chi connectivity index (χ4n) is 3.03. The molecule has 0 amide bonds. The Kier molecular flexibility index (Phi) is 1.69. The van der Waals surface area contributed by atoms with Gasteiger partial charge in [-0.25, -0.2) is 9.98 Å². The number of rotatable bonds is 0. The van der Waals surface area contributed by atoms with Crippen LogP contribution < -0.4 is 16.8 Å². The highest BCUT2D eigenvalue weighted by atomic mass is 16.3. The van der Waals surface area contributed by atoms with E-state index in [-0.39, 0.29) is 12.1 Å². The van der Waals surface area contributed by atoms with Crippen molar-refractivity contribution in [1.29, 1.82) is 0 Å². The third-order valence-electron chi connectivity index (χ3n) is 3.71. The molecule has 16 heavy (non-hydrogen) atoms. The molecule has 1 spiro atoms. The van der Waals surface area contributed by atoms with Gasteiger partial charge in [0.05, 0.1) is 12.1 Å². The molecule has 1 saturated heterocycles. The van der Waals surface area contributed by atoms with Crippen molar-refractivity contribution in [3.05, 3.63) is 0 Å². The van der Waals surface area contributed by atoms with E-state index in [0.29, 0.717) is 24.9 Å². The Morgan fingerprint density at radius 1 is 1.50 bits per heavy atom. The van der Waals surface area contributed by atoms with Crippen LogP contribution in [-0.2, 0) is 0 Å². The van der Waals surface area contributed by atoms with Crippen molar-refractivity contribution < 1.29 is 5.11 Å².